The minimum absolute atomic E-state index is 0.0172. The van der Waals surface area contributed by atoms with Crippen LogP contribution in [0.15, 0.2) is 48.9 Å². The van der Waals surface area contributed by atoms with Crippen molar-refractivity contribution in [1.29, 1.82) is 0 Å². The van der Waals surface area contributed by atoms with Crippen LogP contribution in [0.2, 0.25) is 0 Å². The highest BCUT2D eigenvalue weighted by molar-refractivity contribution is 5.96. The van der Waals surface area contributed by atoms with Crippen LogP contribution in [0.3, 0.4) is 0 Å². The number of amides is 1. The Labute approximate surface area is 206 Å². The summed E-state index contributed by atoms with van der Waals surface area (Å²) < 4.78 is 0. The Kier molecular flexibility index (Phi) is 5.39. The van der Waals surface area contributed by atoms with Crippen LogP contribution in [0.25, 0.3) is 49.6 Å². The van der Waals surface area contributed by atoms with Gasteiger partial charge in [-0.15, -0.1) is 0 Å². The summed E-state index contributed by atoms with van der Waals surface area (Å²) in [6.07, 6.45) is 6.87. The minimum atomic E-state index is 0.0172. The van der Waals surface area contributed by atoms with Gasteiger partial charge in [-0.05, 0) is 51.2 Å². The minimum Gasteiger partial charge on any atom is -0.338 e. The summed E-state index contributed by atoms with van der Waals surface area (Å²) in [5, 5.41) is 11.2. The van der Waals surface area contributed by atoms with Gasteiger partial charge in [-0.25, -0.2) is 14.8 Å². The molecule has 1 aromatic carbocycles. The van der Waals surface area contributed by atoms with Crippen molar-refractivity contribution in [2.45, 2.75) is 12.8 Å². The fourth-order valence-corrected chi connectivity index (χ4v) is 4.64. The normalized spacial score (nSPS) is 14.8. The Morgan fingerprint density at radius 1 is 1.17 bits per heavy atom. The summed E-state index contributed by atoms with van der Waals surface area (Å²) in [5.41, 5.74) is 5.46. The molecule has 0 bridgehead atoms. The van der Waals surface area contributed by atoms with Crippen molar-refractivity contribution in [3.63, 3.8) is 0 Å². The number of imidazole rings is 1. The summed E-state index contributed by atoms with van der Waals surface area (Å²) in [7, 11) is 2.08. The second-order valence-corrected chi connectivity index (χ2v) is 9.09. The molecule has 5 heterocycles. The Balaban J connectivity index is 1.31. The van der Waals surface area contributed by atoms with Gasteiger partial charge in [0.2, 0.25) is 11.6 Å². The van der Waals surface area contributed by atoms with Crippen molar-refractivity contribution < 1.29 is 4.79 Å². The predicted molar refractivity (Wildman–Crippen MR) is 137 cm³/mol. The summed E-state index contributed by atoms with van der Waals surface area (Å²) in [6, 6.07) is 9.35. The molecule has 0 unspecified atom stereocenters. The molecular weight excluding hydrogens is 454 g/mol. The number of nitrogens with zero attached hydrogens (tertiary/aromatic N) is 6. The molecule has 36 heavy (non-hydrogen) atoms. The molecule has 4 aromatic heterocycles. The van der Waals surface area contributed by atoms with E-state index >= 15 is 0 Å². The van der Waals surface area contributed by atoms with Crippen molar-refractivity contribution in [1.82, 2.24) is 35.0 Å². The SMILES string of the molecule is [C-]#[N+]c1cccc2[nH]c(-c3[nH]nc4ncc(-c5cncc(NC(=O)C6CCN(C)CC6)c5)cc34)nc12. The Morgan fingerprint density at radius 2 is 2.00 bits per heavy atom. The lowest BCUT2D eigenvalue weighted by Gasteiger charge is -2.28. The molecule has 10 heteroatoms. The Bertz CT molecular complexity index is 1640. The molecule has 178 valence electrons. The number of aromatic amines is 2. The third kappa shape index (κ3) is 3.95. The number of pyridine rings is 2. The number of rotatable bonds is 4. The zero-order valence-corrected chi connectivity index (χ0v) is 19.6. The van der Waals surface area contributed by atoms with E-state index in [1.807, 2.05) is 24.3 Å². The molecule has 6 rings (SSSR count). The van der Waals surface area contributed by atoms with Crippen LogP contribution >= 0.6 is 0 Å². The van der Waals surface area contributed by atoms with Gasteiger partial charge in [0.05, 0.1) is 34.9 Å². The van der Waals surface area contributed by atoms with E-state index in [1.54, 1.807) is 24.7 Å². The molecule has 0 aliphatic carbocycles. The fraction of sp³-hybridized carbons (Fsp3) is 0.231. The number of nitrogens with one attached hydrogen (secondary N) is 3. The number of piperidine rings is 1. The number of hydrogen-bond acceptors (Lipinski definition) is 6. The number of anilines is 1. The van der Waals surface area contributed by atoms with Crippen molar-refractivity contribution in [3.8, 4) is 22.6 Å². The van der Waals surface area contributed by atoms with Gasteiger partial charge >= 0.3 is 0 Å². The van der Waals surface area contributed by atoms with E-state index in [0.717, 1.165) is 48.0 Å². The highest BCUT2D eigenvalue weighted by Gasteiger charge is 2.23. The quantitative estimate of drug-likeness (QED) is 0.330. The number of benzene rings is 1. The molecule has 3 N–H and O–H groups in total. The van der Waals surface area contributed by atoms with E-state index in [1.165, 1.54) is 0 Å². The number of carbonyl (C=O) groups is 1. The van der Waals surface area contributed by atoms with Gasteiger partial charge in [0.15, 0.2) is 11.5 Å². The Morgan fingerprint density at radius 3 is 2.83 bits per heavy atom. The van der Waals surface area contributed by atoms with Gasteiger partial charge in [-0.2, -0.15) is 5.10 Å². The second-order valence-electron chi connectivity index (χ2n) is 9.09. The van der Waals surface area contributed by atoms with Crippen molar-refractivity contribution in [2.75, 3.05) is 25.5 Å². The van der Waals surface area contributed by atoms with Crippen molar-refractivity contribution in [2.24, 2.45) is 5.92 Å². The van der Waals surface area contributed by atoms with E-state index in [9.17, 15) is 4.79 Å². The maximum atomic E-state index is 12.8. The highest BCUT2D eigenvalue weighted by Crippen LogP contribution is 2.32. The van der Waals surface area contributed by atoms with Crippen LogP contribution in [0.5, 0.6) is 0 Å². The second kappa shape index (κ2) is 8.87. The molecular formula is C26H23N9O. The van der Waals surface area contributed by atoms with Gasteiger partial charge < -0.3 is 15.2 Å². The van der Waals surface area contributed by atoms with Gasteiger partial charge in [0.1, 0.15) is 5.69 Å². The van der Waals surface area contributed by atoms with E-state index in [0.29, 0.717) is 34.1 Å². The molecule has 0 atom stereocenters. The van der Waals surface area contributed by atoms with Gasteiger partial charge in [-0.3, -0.25) is 14.9 Å². The van der Waals surface area contributed by atoms with Crippen LogP contribution in [-0.4, -0.2) is 61.1 Å². The van der Waals surface area contributed by atoms with E-state index in [-0.39, 0.29) is 11.8 Å². The number of fused-ring (bicyclic) bond motifs is 2. The lowest BCUT2D eigenvalue weighted by atomic mass is 9.96. The van der Waals surface area contributed by atoms with Gasteiger partial charge in [-0.1, -0.05) is 12.1 Å². The van der Waals surface area contributed by atoms with Crippen molar-refractivity contribution in [3.05, 3.63) is 60.3 Å². The standard InChI is InChI=1S/C26H23N9O/c1-27-20-4-3-5-21-23(20)32-25(31-21)22-19-11-17(13-29-24(19)34-33-22)16-10-18(14-28-12-16)30-26(36)15-6-8-35(2)9-7-15/h3-5,10-15H,6-9H2,2H3,(H,30,36)(H,31,32)(H,29,33,34). The average Bonchev–Trinajstić information content (AvgIpc) is 3.52. The van der Waals surface area contributed by atoms with Crippen LogP contribution < -0.4 is 5.32 Å². The third-order valence-electron chi connectivity index (χ3n) is 6.69. The maximum absolute atomic E-state index is 12.8. The molecule has 5 aromatic rings. The average molecular weight is 478 g/mol. The molecule has 1 saturated heterocycles. The topological polar surface area (TPSA) is 120 Å². The zero-order valence-electron chi connectivity index (χ0n) is 19.6. The molecule has 10 nitrogen and oxygen atoms in total. The number of hydrogen-bond donors (Lipinski definition) is 3. The molecule has 0 saturated carbocycles. The molecule has 1 aliphatic rings. The summed E-state index contributed by atoms with van der Waals surface area (Å²) in [5.74, 6) is 0.639. The number of H-pyrrole nitrogens is 2. The lowest BCUT2D eigenvalue weighted by molar-refractivity contribution is -0.121. The zero-order chi connectivity index (χ0) is 24.6. The van der Waals surface area contributed by atoms with Crippen LogP contribution in [0.1, 0.15) is 12.8 Å². The van der Waals surface area contributed by atoms with Crippen LogP contribution in [0.4, 0.5) is 11.4 Å². The van der Waals surface area contributed by atoms with Crippen molar-refractivity contribution >= 4 is 39.3 Å². The first-order valence-corrected chi connectivity index (χ1v) is 11.7. The Hall–Kier alpha value is -4.62. The van der Waals surface area contributed by atoms with E-state index in [2.05, 4.69) is 52.2 Å². The smallest absolute Gasteiger partial charge is 0.227 e. The number of para-hydroxylation sites is 1. The number of carbonyl (C=O) groups excluding carboxylic acids is 1. The monoisotopic (exact) mass is 477 g/mol. The van der Waals surface area contributed by atoms with Gasteiger partial charge in [0, 0.05) is 29.4 Å². The summed E-state index contributed by atoms with van der Waals surface area (Å²) in [6.45, 7) is 9.26. The highest BCUT2D eigenvalue weighted by atomic mass is 16.1. The van der Waals surface area contributed by atoms with E-state index in [4.69, 9.17) is 6.57 Å². The first-order valence-electron chi connectivity index (χ1n) is 11.7. The first kappa shape index (κ1) is 21.9. The third-order valence-corrected chi connectivity index (χ3v) is 6.69. The lowest BCUT2D eigenvalue weighted by Crippen LogP contribution is -2.35. The fourth-order valence-electron chi connectivity index (χ4n) is 4.64. The van der Waals surface area contributed by atoms with Crippen LogP contribution in [0, 0.1) is 12.5 Å². The largest absolute Gasteiger partial charge is 0.338 e. The summed E-state index contributed by atoms with van der Waals surface area (Å²) in [4.78, 5) is 35.4. The molecule has 1 fully saturated rings. The summed E-state index contributed by atoms with van der Waals surface area (Å²) >= 11 is 0. The molecule has 0 spiro atoms. The number of aromatic nitrogens is 6. The van der Waals surface area contributed by atoms with E-state index < -0.39 is 0 Å². The maximum Gasteiger partial charge on any atom is 0.227 e. The van der Waals surface area contributed by atoms with Crippen LogP contribution in [-0.2, 0) is 4.79 Å². The first-order chi connectivity index (χ1) is 17.6. The molecule has 1 amide bonds. The molecule has 1 aliphatic heterocycles. The van der Waals surface area contributed by atoms with Gasteiger partial charge in [0.25, 0.3) is 0 Å². The molecule has 0 radical (unpaired) electrons. The number of likely N-dealkylation sites (tertiary alicyclic amines) is 1. The predicted octanol–water partition coefficient (Wildman–Crippen LogP) is 4.39.